The molecule has 0 rings (SSSR count). The second-order valence-corrected chi connectivity index (χ2v) is 2.13. The summed E-state index contributed by atoms with van der Waals surface area (Å²) in [5, 5.41) is 0. The Morgan fingerprint density at radius 2 is 2.08 bits per heavy atom. The van der Waals surface area contributed by atoms with Crippen LogP contribution in [0.4, 0.5) is 0 Å². The molecule has 0 bridgehead atoms. The molecule has 0 spiro atoms. The maximum Gasteiger partial charge on any atom is 0.311 e. The van der Waals surface area contributed by atoms with Crippen LogP contribution in [0.25, 0.3) is 0 Å². The van der Waals surface area contributed by atoms with Crippen molar-refractivity contribution in [3.8, 4) is 0 Å². The summed E-state index contributed by atoms with van der Waals surface area (Å²) in [6, 6.07) is 0. The van der Waals surface area contributed by atoms with Crippen molar-refractivity contribution in [2.24, 2.45) is 5.73 Å². The quantitative estimate of drug-likeness (QED) is 0.493. The molecule has 0 aliphatic rings. The SMILES string of the molecule is CCOC=C(N)CC(=O)OCC. The molecular formula is C8H15NO3. The lowest BCUT2D eigenvalue weighted by atomic mass is 10.3. The molecular weight excluding hydrogens is 158 g/mol. The van der Waals surface area contributed by atoms with E-state index in [9.17, 15) is 4.79 Å². The van der Waals surface area contributed by atoms with Gasteiger partial charge in [0, 0.05) is 0 Å². The summed E-state index contributed by atoms with van der Waals surface area (Å²) in [5.74, 6) is -0.328. The van der Waals surface area contributed by atoms with Crippen LogP contribution >= 0.6 is 0 Å². The normalized spacial score (nSPS) is 11.0. The Labute approximate surface area is 72.3 Å². The molecule has 2 N–H and O–H groups in total. The van der Waals surface area contributed by atoms with Crippen LogP contribution in [0.2, 0.25) is 0 Å². The first kappa shape index (κ1) is 10.8. The molecule has 0 fully saturated rings. The van der Waals surface area contributed by atoms with Crippen LogP contribution in [0.5, 0.6) is 0 Å². The molecule has 0 aromatic carbocycles. The molecule has 70 valence electrons. The van der Waals surface area contributed by atoms with E-state index in [1.165, 1.54) is 6.26 Å². The molecule has 0 saturated carbocycles. The second-order valence-electron chi connectivity index (χ2n) is 2.13. The summed E-state index contributed by atoms with van der Waals surface area (Å²) in [7, 11) is 0. The fraction of sp³-hybridized carbons (Fsp3) is 0.625. The van der Waals surface area contributed by atoms with E-state index >= 15 is 0 Å². The van der Waals surface area contributed by atoms with E-state index < -0.39 is 0 Å². The number of hydrogen-bond donors (Lipinski definition) is 1. The standard InChI is InChI=1S/C8H15NO3/c1-3-11-6-7(9)5-8(10)12-4-2/h6H,3-5,9H2,1-2H3. The van der Waals surface area contributed by atoms with E-state index in [0.29, 0.717) is 18.9 Å². The minimum absolute atomic E-state index is 0.0911. The Morgan fingerprint density at radius 1 is 1.42 bits per heavy atom. The van der Waals surface area contributed by atoms with Gasteiger partial charge in [-0.05, 0) is 13.8 Å². The Kier molecular flexibility index (Phi) is 5.87. The first-order chi connectivity index (χ1) is 5.70. The molecule has 4 heteroatoms. The summed E-state index contributed by atoms with van der Waals surface area (Å²) in [4.78, 5) is 10.8. The number of hydrogen-bond acceptors (Lipinski definition) is 4. The Bertz CT molecular complexity index is 166. The first-order valence-electron chi connectivity index (χ1n) is 3.92. The van der Waals surface area contributed by atoms with Gasteiger partial charge in [0.05, 0.1) is 25.3 Å². The van der Waals surface area contributed by atoms with Crippen molar-refractivity contribution in [2.45, 2.75) is 20.3 Å². The third-order valence-electron chi connectivity index (χ3n) is 1.06. The fourth-order valence-electron chi connectivity index (χ4n) is 0.611. The van der Waals surface area contributed by atoms with Crippen molar-refractivity contribution in [2.75, 3.05) is 13.2 Å². The molecule has 0 saturated heterocycles. The molecule has 0 radical (unpaired) electrons. The summed E-state index contributed by atoms with van der Waals surface area (Å²) in [5.41, 5.74) is 5.81. The summed E-state index contributed by atoms with van der Waals surface area (Å²) < 4.78 is 9.56. The molecule has 0 aliphatic heterocycles. The van der Waals surface area contributed by atoms with Crippen LogP contribution in [-0.4, -0.2) is 19.2 Å². The highest BCUT2D eigenvalue weighted by Gasteiger charge is 2.02. The van der Waals surface area contributed by atoms with Gasteiger partial charge in [0.25, 0.3) is 0 Å². The fourth-order valence-corrected chi connectivity index (χ4v) is 0.611. The van der Waals surface area contributed by atoms with Crippen LogP contribution in [0.3, 0.4) is 0 Å². The monoisotopic (exact) mass is 173 g/mol. The maximum atomic E-state index is 10.8. The highest BCUT2D eigenvalue weighted by molar-refractivity contribution is 5.72. The second kappa shape index (κ2) is 6.52. The predicted molar refractivity (Wildman–Crippen MR) is 45.1 cm³/mol. The van der Waals surface area contributed by atoms with Gasteiger partial charge < -0.3 is 15.2 Å². The zero-order chi connectivity index (χ0) is 9.40. The highest BCUT2D eigenvalue weighted by Crippen LogP contribution is 1.95. The molecule has 0 aromatic rings. The third kappa shape index (κ3) is 5.58. The van der Waals surface area contributed by atoms with Crippen LogP contribution < -0.4 is 5.73 Å². The van der Waals surface area contributed by atoms with Crippen molar-refractivity contribution in [1.82, 2.24) is 0 Å². The number of carbonyl (C=O) groups is 1. The van der Waals surface area contributed by atoms with E-state index in [1.807, 2.05) is 6.92 Å². The molecule has 0 heterocycles. The van der Waals surface area contributed by atoms with Crippen LogP contribution in [0.15, 0.2) is 12.0 Å². The smallest absolute Gasteiger partial charge is 0.311 e. The van der Waals surface area contributed by atoms with Crippen molar-refractivity contribution >= 4 is 5.97 Å². The van der Waals surface area contributed by atoms with Crippen molar-refractivity contribution in [3.63, 3.8) is 0 Å². The van der Waals surface area contributed by atoms with E-state index in [0.717, 1.165) is 0 Å². The van der Waals surface area contributed by atoms with Gasteiger partial charge in [0.15, 0.2) is 0 Å². The lowest BCUT2D eigenvalue weighted by molar-refractivity contribution is -0.142. The van der Waals surface area contributed by atoms with Crippen LogP contribution in [0, 0.1) is 0 Å². The highest BCUT2D eigenvalue weighted by atomic mass is 16.5. The minimum Gasteiger partial charge on any atom is -0.500 e. The van der Waals surface area contributed by atoms with Gasteiger partial charge in [-0.15, -0.1) is 0 Å². The van der Waals surface area contributed by atoms with Gasteiger partial charge in [0.1, 0.15) is 6.26 Å². The Morgan fingerprint density at radius 3 is 2.58 bits per heavy atom. The average molecular weight is 173 g/mol. The van der Waals surface area contributed by atoms with Crippen LogP contribution in [-0.2, 0) is 14.3 Å². The maximum absolute atomic E-state index is 10.8. The number of ether oxygens (including phenoxy) is 2. The molecule has 0 atom stereocenters. The summed E-state index contributed by atoms with van der Waals surface area (Å²) >= 11 is 0. The van der Waals surface area contributed by atoms with Gasteiger partial charge in [-0.1, -0.05) is 0 Å². The molecule has 0 aliphatic carbocycles. The molecule has 0 unspecified atom stereocenters. The van der Waals surface area contributed by atoms with Gasteiger partial charge in [0.2, 0.25) is 0 Å². The lowest BCUT2D eigenvalue weighted by Crippen LogP contribution is -2.10. The first-order valence-corrected chi connectivity index (χ1v) is 3.92. The molecule has 4 nitrogen and oxygen atoms in total. The molecule has 0 amide bonds. The summed E-state index contributed by atoms with van der Waals surface area (Å²) in [6.45, 7) is 4.51. The van der Waals surface area contributed by atoms with Crippen LogP contribution in [0.1, 0.15) is 20.3 Å². The summed E-state index contributed by atoms with van der Waals surface area (Å²) in [6.07, 6.45) is 1.46. The zero-order valence-electron chi connectivity index (χ0n) is 7.50. The Hall–Kier alpha value is -1.19. The van der Waals surface area contributed by atoms with Gasteiger partial charge in [-0.2, -0.15) is 0 Å². The van der Waals surface area contributed by atoms with Crippen molar-refractivity contribution < 1.29 is 14.3 Å². The van der Waals surface area contributed by atoms with Gasteiger partial charge in [-0.3, -0.25) is 4.79 Å². The van der Waals surface area contributed by atoms with E-state index in [4.69, 9.17) is 10.5 Å². The van der Waals surface area contributed by atoms with E-state index in [2.05, 4.69) is 4.74 Å². The lowest BCUT2D eigenvalue weighted by Gasteiger charge is -2.01. The third-order valence-corrected chi connectivity index (χ3v) is 1.06. The topological polar surface area (TPSA) is 61.5 Å². The zero-order valence-corrected chi connectivity index (χ0v) is 7.50. The Balaban J connectivity index is 3.67. The number of nitrogens with two attached hydrogens (primary N) is 1. The van der Waals surface area contributed by atoms with Crippen molar-refractivity contribution in [1.29, 1.82) is 0 Å². The average Bonchev–Trinajstić information content (AvgIpc) is 2.01. The van der Waals surface area contributed by atoms with E-state index in [-0.39, 0.29) is 12.4 Å². The predicted octanol–water partition coefficient (Wildman–Crippen LogP) is 0.776. The van der Waals surface area contributed by atoms with E-state index in [1.54, 1.807) is 6.92 Å². The molecule has 12 heavy (non-hydrogen) atoms. The van der Waals surface area contributed by atoms with Gasteiger partial charge in [-0.25, -0.2) is 0 Å². The number of esters is 1. The largest absolute Gasteiger partial charge is 0.500 e. The number of rotatable bonds is 5. The number of carbonyl (C=O) groups excluding carboxylic acids is 1. The van der Waals surface area contributed by atoms with Gasteiger partial charge >= 0.3 is 5.97 Å². The van der Waals surface area contributed by atoms with Crippen molar-refractivity contribution in [3.05, 3.63) is 12.0 Å². The molecule has 0 aromatic heterocycles. The minimum atomic E-state index is -0.328.